The molecule has 2 N–H and O–H groups in total. The number of aromatic carboxylic acids is 1. The summed E-state index contributed by atoms with van der Waals surface area (Å²) < 4.78 is 0. The standard InChI is InChI=1S/C14H12N4O2/c15-9-12-6-8-17-14(18-12)16-7-5-10-1-3-11(4-2-10)13(19)20/h1-4,6,8H,5,7H2,(H,19,20)(H,16,17,18). The zero-order chi connectivity index (χ0) is 14.4. The lowest BCUT2D eigenvalue weighted by Gasteiger charge is -2.05. The highest BCUT2D eigenvalue weighted by Gasteiger charge is 2.02. The first-order valence-corrected chi connectivity index (χ1v) is 5.98. The van der Waals surface area contributed by atoms with Crippen LogP contribution in [0.5, 0.6) is 0 Å². The minimum absolute atomic E-state index is 0.270. The minimum Gasteiger partial charge on any atom is -0.478 e. The van der Waals surface area contributed by atoms with Crippen molar-refractivity contribution in [2.75, 3.05) is 11.9 Å². The maximum atomic E-state index is 10.7. The van der Waals surface area contributed by atoms with Crippen LogP contribution in [-0.2, 0) is 6.42 Å². The van der Waals surface area contributed by atoms with Crippen molar-refractivity contribution in [1.29, 1.82) is 5.26 Å². The molecule has 6 heteroatoms. The molecule has 0 saturated carbocycles. The van der Waals surface area contributed by atoms with E-state index in [0.717, 1.165) is 5.56 Å². The Labute approximate surface area is 115 Å². The molecule has 1 heterocycles. The molecular formula is C14H12N4O2. The summed E-state index contributed by atoms with van der Waals surface area (Å²) in [6, 6.07) is 10.2. The first kappa shape index (κ1) is 13.5. The molecular weight excluding hydrogens is 256 g/mol. The van der Waals surface area contributed by atoms with E-state index in [-0.39, 0.29) is 5.56 Å². The number of anilines is 1. The smallest absolute Gasteiger partial charge is 0.335 e. The number of hydrogen-bond donors (Lipinski definition) is 2. The molecule has 6 nitrogen and oxygen atoms in total. The van der Waals surface area contributed by atoms with Gasteiger partial charge in [-0.25, -0.2) is 14.8 Å². The van der Waals surface area contributed by atoms with Crippen molar-refractivity contribution in [2.45, 2.75) is 6.42 Å². The van der Waals surface area contributed by atoms with Crippen LogP contribution in [0, 0.1) is 11.3 Å². The molecule has 0 fully saturated rings. The topological polar surface area (TPSA) is 98.9 Å². The Bertz CT molecular complexity index is 647. The van der Waals surface area contributed by atoms with Gasteiger partial charge in [0.25, 0.3) is 0 Å². The van der Waals surface area contributed by atoms with Gasteiger partial charge in [0.05, 0.1) is 5.56 Å². The predicted octanol–water partition coefficient (Wildman–Crippen LogP) is 1.70. The van der Waals surface area contributed by atoms with Crippen molar-refractivity contribution in [3.05, 3.63) is 53.3 Å². The summed E-state index contributed by atoms with van der Waals surface area (Å²) >= 11 is 0. The van der Waals surface area contributed by atoms with Crippen molar-refractivity contribution in [3.8, 4) is 6.07 Å². The highest BCUT2D eigenvalue weighted by molar-refractivity contribution is 5.87. The van der Waals surface area contributed by atoms with E-state index in [9.17, 15) is 4.79 Å². The van der Waals surface area contributed by atoms with Gasteiger partial charge in [0, 0.05) is 12.7 Å². The molecule has 0 spiro atoms. The molecule has 0 radical (unpaired) electrons. The molecule has 1 aromatic heterocycles. The molecule has 0 unspecified atom stereocenters. The Hall–Kier alpha value is -2.94. The largest absolute Gasteiger partial charge is 0.478 e. The molecule has 0 amide bonds. The van der Waals surface area contributed by atoms with Crippen LogP contribution in [0.2, 0.25) is 0 Å². The lowest BCUT2D eigenvalue weighted by atomic mass is 10.1. The summed E-state index contributed by atoms with van der Waals surface area (Å²) in [6.45, 7) is 0.599. The molecule has 2 rings (SSSR count). The first-order valence-electron chi connectivity index (χ1n) is 5.98. The van der Waals surface area contributed by atoms with Gasteiger partial charge in [-0.3, -0.25) is 0 Å². The summed E-state index contributed by atoms with van der Waals surface area (Å²) in [5, 5.41) is 20.5. The molecule has 2 aromatic rings. The molecule has 0 aliphatic heterocycles. The van der Waals surface area contributed by atoms with Crippen LogP contribution in [-0.4, -0.2) is 27.6 Å². The van der Waals surface area contributed by atoms with Crippen molar-refractivity contribution in [3.63, 3.8) is 0 Å². The van der Waals surface area contributed by atoms with E-state index in [1.807, 2.05) is 6.07 Å². The summed E-state index contributed by atoms with van der Waals surface area (Å²) in [5.74, 6) is -0.525. The number of carbonyl (C=O) groups is 1. The summed E-state index contributed by atoms with van der Waals surface area (Å²) in [6.07, 6.45) is 2.23. The van der Waals surface area contributed by atoms with Crippen LogP contribution in [0.25, 0.3) is 0 Å². The van der Waals surface area contributed by atoms with Gasteiger partial charge in [0.15, 0.2) is 0 Å². The Morgan fingerprint density at radius 3 is 2.70 bits per heavy atom. The van der Waals surface area contributed by atoms with Gasteiger partial charge < -0.3 is 10.4 Å². The van der Waals surface area contributed by atoms with Crippen LogP contribution >= 0.6 is 0 Å². The van der Waals surface area contributed by atoms with Gasteiger partial charge in [-0.2, -0.15) is 5.26 Å². The van der Waals surface area contributed by atoms with E-state index >= 15 is 0 Å². The van der Waals surface area contributed by atoms with Gasteiger partial charge in [-0.15, -0.1) is 0 Å². The highest BCUT2D eigenvalue weighted by atomic mass is 16.4. The normalized spacial score (nSPS) is 9.75. The number of rotatable bonds is 5. The van der Waals surface area contributed by atoms with Crippen molar-refractivity contribution >= 4 is 11.9 Å². The SMILES string of the molecule is N#Cc1ccnc(NCCc2ccc(C(=O)O)cc2)n1. The minimum atomic E-state index is -0.934. The first-order chi connectivity index (χ1) is 9.69. The van der Waals surface area contributed by atoms with Crippen LogP contribution in [0.15, 0.2) is 36.5 Å². The van der Waals surface area contributed by atoms with Crippen LogP contribution in [0.1, 0.15) is 21.6 Å². The Morgan fingerprint density at radius 2 is 2.05 bits per heavy atom. The Balaban J connectivity index is 1.89. The van der Waals surface area contributed by atoms with E-state index in [0.29, 0.717) is 24.6 Å². The fourth-order valence-corrected chi connectivity index (χ4v) is 1.64. The number of nitrogens with zero attached hydrogens (tertiary/aromatic N) is 3. The van der Waals surface area contributed by atoms with Crippen molar-refractivity contribution in [1.82, 2.24) is 9.97 Å². The third kappa shape index (κ3) is 3.53. The van der Waals surface area contributed by atoms with Crippen LogP contribution in [0.4, 0.5) is 5.95 Å². The summed E-state index contributed by atoms with van der Waals surface area (Å²) in [7, 11) is 0. The molecule has 0 bridgehead atoms. The third-order valence-corrected chi connectivity index (χ3v) is 2.67. The second kappa shape index (κ2) is 6.29. The number of carboxylic acids is 1. The monoisotopic (exact) mass is 268 g/mol. The molecule has 1 aromatic carbocycles. The Kier molecular flexibility index (Phi) is 4.24. The fourth-order valence-electron chi connectivity index (χ4n) is 1.64. The number of carboxylic acid groups (broad SMARTS) is 1. The number of nitriles is 1. The fraction of sp³-hybridized carbons (Fsp3) is 0.143. The summed E-state index contributed by atoms with van der Waals surface area (Å²) in [4.78, 5) is 18.7. The number of hydrogen-bond acceptors (Lipinski definition) is 5. The van der Waals surface area contributed by atoms with E-state index in [1.54, 1.807) is 24.3 Å². The molecule has 20 heavy (non-hydrogen) atoms. The van der Waals surface area contributed by atoms with Gasteiger partial charge in [0.1, 0.15) is 11.8 Å². The second-order valence-corrected chi connectivity index (χ2v) is 4.06. The average molecular weight is 268 g/mol. The van der Waals surface area contributed by atoms with E-state index in [4.69, 9.17) is 10.4 Å². The molecule has 0 saturated heterocycles. The summed E-state index contributed by atoms with van der Waals surface area (Å²) in [5.41, 5.74) is 1.60. The molecule has 0 atom stereocenters. The van der Waals surface area contributed by atoms with Gasteiger partial charge in [-0.05, 0) is 30.2 Å². The van der Waals surface area contributed by atoms with E-state index in [2.05, 4.69) is 15.3 Å². The zero-order valence-corrected chi connectivity index (χ0v) is 10.6. The zero-order valence-electron chi connectivity index (χ0n) is 10.6. The maximum Gasteiger partial charge on any atom is 0.335 e. The van der Waals surface area contributed by atoms with Gasteiger partial charge >= 0.3 is 5.97 Å². The lowest BCUT2D eigenvalue weighted by molar-refractivity contribution is 0.0697. The highest BCUT2D eigenvalue weighted by Crippen LogP contribution is 2.06. The lowest BCUT2D eigenvalue weighted by Crippen LogP contribution is -2.08. The molecule has 0 aliphatic carbocycles. The van der Waals surface area contributed by atoms with Crippen molar-refractivity contribution in [2.24, 2.45) is 0 Å². The second-order valence-electron chi connectivity index (χ2n) is 4.06. The van der Waals surface area contributed by atoms with Gasteiger partial charge in [-0.1, -0.05) is 12.1 Å². The van der Waals surface area contributed by atoms with Crippen LogP contribution in [0.3, 0.4) is 0 Å². The van der Waals surface area contributed by atoms with E-state index in [1.165, 1.54) is 12.3 Å². The number of nitrogens with one attached hydrogen (secondary N) is 1. The Morgan fingerprint density at radius 1 is 1.30 bits per heavy atom. The average Bonchev–Trinajstić information content (AvgIpc) is 2.48. The maximum absolute atomic E-state index is 10.7. The van der Waals surface area contributed by atoms with Crippen molar-refractivity contribution < 1.29 is 9.90 Å². The quantitative estimate of drug-likeness (QED) is 0.856. The van der Waals surface area contributed by atoms with Gasteiger partial charge in [0.2, 0.25) is 5.95 Å². The molecule has 100 valence electrons. The number of aromatic nitrogens is 2. The number of benzene rings is 1. The predicted molar refractivity (Wildman–Crippen MR) is 72.3 cm³/mol. The van der Waals surface area contributed by atoms with Crippen LogP contribution < -0.4 is 5.32 Å². The molecule has 0 aliphatic rings. The van der Waals surface area contributed by atoms with E-state index < -0.39 is 5.97 Å². The third-order valence-electron chi connectivity index (χ3n) is 2.67.